The van der Waals surface area contributed by atoms with Crippen molar-refractivity contribution in [2.75, 3.05) is 0 Å². The van der Waals surface area contributed by atoms with Gasteiger partial charge in [0.05, 0.1) is 6.04 Å². The summed E-state index contributed by atoms with van der Waals surface area (Å²) in [5, 5.41) is 2.78. The van der Waals surface area contributed by atoms with Crippen LogP contribution in [0.15, 0.2) is 24.3 Å². The van der Waals surface area contributed by atoms with Gasteiger partial charge in [0, 0.05) is 6.42 Å². The molecule has 0 aliphatic rings. The van der Waals surface area contributed by atoms with Gasteiger partial charge in [0.25, 0.3) is 0 Å². The first-order valence-corrected chi connectivity index (χ1v) is 7.11. The molecule has 0 fully saturated rings. The van der Waals surface area contributed by atoms with Crippen LogP contribution in [-0.4, -0.2) is 12.3 Å². The molecule has 1 atom stereocenters. The van der Waals surface area contributed by atoms with Gasteiger partial charge in [0.15, 0.2) is 0 Å². The number of hydrogen-bond acceptors (Lipinski definition) is 2. The van der Waals surface area contributed by atoms with Crippen LogP contribution in [0.3, 0.4) is 0 Å². The minimum absolute atomic E-state index is 0.0566. The van der Waals surface area contributed by atoms with Gasteiger partial charge in [-0.3, -0.25) is 4.79 Å². The molecule has 0 aromatic heterocycles. The topological polar surface area (TPSA) is 38.3 Å². The minimum Gasteiger partial charge on any atom is -0.406 e. The SMILES string of the molecule is CC(NC(=O)CCC(C)(C)C)c1cccc(OC(F)(F)F)c1. The Morgan fingerprint density at radius 2 is 1.91 bits per heavy atom. The first-order chi connectivity index (χ1) is 9.96. The van der Waals surface area contributed by atoms with Crippen LogP contribution in [0.25, 0.3) is 0 Å². The molecule has 1 unspecified atom stereocenters. The molecule has 124 valence electrons. The molecule has 6 heteroatoms. The molecular weight excluding hydrogens is 295 g/mol. The highest BCUT2D eigenvalue weighted by atomic mass is 19.4. The van der Waals surface area contributed by atoms with Gasteiger partial charge in [0.2, 0.25) is 5.91 Å². The van der Waals surface area contributed by atoms with Crippen LogP contribution >= 0.6 is 0 Å². The summed E-state index contributed by atoms with van der Waals surface area (Å²) in [6, 6.07) is 5.24. The Morgan fingerprint density at radius 1 is 1.27 bits per heavy atom. The van der Waals surface area contributed by atoms with Crippen LogP contribution in [-0.2, 0) is 4.79 Å². The fraction of sp³-hybridized carbons (Fsp3) is 0.562. The summed E-state index contributed by atoms with van der Waals surface area (Å²) >= 11 is 0. The fourth-order valence-electron chi connectivity index (χ4n) is 1.87. The molecule has 1 aromatic rings. The van der Waals surface area contributed by atoms with Gasteiger partial charge >= 0.3 is 6.36 Å². The van der Waals surface area contributed by atoms with Crippen LogP contribution in [0.1, 0.15) is 52.1 Å². The van der Waals surface area contributed by atoms with E-state index in [1.54, 1.807) is 13.0 Å². The third-order valence-corrected chi connectivity index (χ3v) is 3.07. The van der Waals surface area contributed by atoms with Crippen molar-refractivity contribution in [2.24, 2.45) is 5.41 Å². The monoisotopic (exact) mass is 317 g/mol. The van der Waals surface area contributed by atoms with E-state index < -0.39 is 6.36 Å². The summed E-state index contributed by atoms with van der Waals surface area (Å²) in [7, 11) is 0. The highest BCUT2D eigenvalue weighted by Gasteiger charge is 2.31. The van der Waals surface area contributed by atoms with Crippen molar-refractivity contribution in [3.8, 4) is 5.75 Å². The zero-order chi connectivity index (χ0) is 17.0. The van der Waals surface area contributed by atoms with Gasteiger partial charge in [-0.2, -0.15) is 0 Å². The second kappa shape index (κ2) is 7.03. The first-order valence-electron chi connectivity index (χ1n) is 7.11. The van der Waals surface area contributed by atoms with Gasteiger partial charge in [-0.25, -0.2) is 0 Å². The lowest BCUT2D eigenvalue weighted by Gasteiger charge is -2.19. The molecule has 1 rings (SSSR count). The van der Waals surface area contributed by atoms with Crippen LogP contribution < -0.4 is 10.1 Å². The Labute approximate surface area is 128 Å². The predicted molar refractivity (Wildman–Crippen MR) is 78.4 cm³/mol. The smallest absolute Gasteiger partial charge is 0.406 e. The van der Waals surface area contributed by atoms with Crippen molar-refractivity contribution in [3.63, 3.8) is 0 Å². The number of nitrogens with one attached hydrogen (secondary N) is 1. The van der Waals surface area contributed by atoms with Crippen LogP contribution in [0, 0.1) is 5.41 Å². The van der Waals surface area contributed by atoms with E-state index in [2.05, 4.69) is 10.1 Å². The van der Waals surface area contributed by atoms with E-state index in [1.807, 2.05) is 20.8 Å². The molecule has 0 saturated carbocycles. The zero-order valence-electron chi connectivity index (χ0n) is 13.3. The Balaban J connectivity index is 2.64. The third-order valence-electron chi connectivity index (χ3n) is 3.07. The number of halogens is 3. The number of alkyl halides is 3. The molecule has 22 heavy (non-hydrogen) atoms. The molecule has 0 radical (unpaired) electrons. The lowest BCUT2D eigenvalue weighted by atomic mass is 9.90. The number of rotatable bonds is 5. The van der Waals surface area contributed by atoms with Gasteiger partial charge in [-0.1, -0.05) is 32.9 Å². The number of benzene rings is 1. The standard InChI is InChI=1S/C16H22F3NO2/c1-11(20-14(21)8-9-15(2,3)4)12-6-5-7-13(10-12)22-16(17,18)19/h5-7,10-11H,8-9H2,1-4H3,(H,20,21). The molecule has 0 spiro atoms. The summed E-state index contributed by atoms with van der Waals surface area (Å²) in [5.74, 6) is -0.412. The van der Waals surface area contributed by atoms with Crippen molar-refractivity contribution >= 4 is 5.91 Å². The van der Waals surface area contributed by atoms with E-state index in [9.17, 15) is 18.0 Å². The van der Waals surface area contributed by atoms with Crippen molar-refractivity contribution in [1.82, 2.24) is 5.32 Å². The van der Waals surface area contributed by atoms with Crippen LogP contribution in [0.2, 0.25) is 0 Å². The fourth-order valence-corrected chi connectivity index (χ4v) is 1.87. The molecule has 0 heterocycles. The highest BCUT2D eigenvalue weighted by molar-refractivity contribution is 5.76. The van der Waals surface area contributed by atoms with Crippen LogP contribution in [0.5, 0.6) is 5.75 Å². The summed E-state index contributed by atoms with van der Waals surface area (Å²) in [6.07, 6.45) is -3.60. The lowest BCUT2D eigenvalue weighted by molar-refractivity contribution is -0.274. The zero-order valence-corrected chi connectivity index (χ0v) is 13.3. The first kappa shape index (κ1) is 18.3. The highest BCUT2D eigenvalue weighted by Crippen LogP contribution is 2.26. The van der Waals surface area contributed by atoms with Crippen molar-refractivity contribution in [1.29, 1.82) is 0 Å². The Kier molecular flexibility index (Phi) is 5.85. The summed E-state index contributed by atoms with van der Waals surface area (Å²) < 4.78 is 40.5. The molecule has 1 N–H and O–H groups in total. The number of carbonyl (C=O) groups is 1. The third kappa shape index (κ3) is 7.33. The predicted octanol–water partition coefficient (Wildman–Crippen LogP) is 4.59. The number of carbonyl (C=O) groups excluding carboxylic acids is 1. The van der Waals surface area contributed by atoms with Gasteiger partial charge < -0.3 is 10.1 Å². The maximum atomic E-state index is 12.2. The minimum atomic E-state index is -4.72. The van der Waals surface area contributed by atoms with Gasteiger partial charge in [-0.15, -0.1) is 13.2 Å². The molecule has 0 bridgehead atoms. The normalized spacial score (nSPS) is 13.6. The quantitative estimate of drug-likeness (QED) is 0.862. The van der Waals surface area contributed by atoms with Crippen molar-refractivity contribution < 1.29 is 22.7 Å². The number of amides is 1. The van der Waals surface area contributed by atoms with Crippen molar-refractivity contribution in [2.45, 2.75) is 52.9 Å². The maximum absolute atomic E-state index is 12.2. The Hall–Kier alpha value is -1.72. The van der Waals surface area contributed by atoms with E-state index in [4.69, 9.17) is 0 Å². The molecular formula is C16H22F3NO2. The largest absolute Gasteiger partial charge is 0.573 e. The molecule has 0 saturated heterocycles. The molecule has 1 amide bonds. The van der Waals surface area contributed by atoms with E-state index in [0.717, 1.165) is 6.42 Å². The Bertz CT molecular complexity index is 507. The average Bonchev–Trinajstić information content (AvgIpc) is 2.34. The summed E-state index contributed by atoms with van der Waals surface area (Å²) in [5.41, 5.74) is 0.618. The van der Waals surface area contributed by atoms with E-state index >= 15 is 0 Å². The van der Waals surface area contributed by atoms with E-state index in [1.165, 1.54) is 18.2 Å². The second-order valence-electron chi connectivity index (χ2n) is 6.47. The summed E-state index contributed by atoms with van der Waals surface area (Å²) in [6.45, 7) is 7.85. The maximum Gasteiger partial charge on any atom is 0.573 e. The Morgan fingerprint density at radius 3 is 2.45 bits per heavy atom. The molecule has 1 aromatic carbocycles. The van der Waals surface area contributed by atoms with Crippen molar-refractivity contribution in [3.05, 3.63) is 29.8 Å². The molecule has 0 aliphatic carbocycles. The number of ether oxygens (including phenoxy) is 1. The van der Waals surface area contributed by atoms with Crippen LogP contribution in [0.4, 0.5) is 13.2 Å². The average molecular weight is 317 g/mol. The van der Waals surface area contributed by atoms with E-state index in [0.29, 0.717) is 12.0 Å². The van der Waals surface area contributed by atoms with Gasteiger partial charge in [0.1, 0.15) is 5.75 Å². The second-order valence-corrected chi connectivity index (χ2v) is 6.47. The molecule has 0 aliphatic heterocycles. The van der Waals surface area contributed by atoms with E-state index in [-0.39, 0.29) is 23.1 Å². The summed E-state index contributed by atoms with van der Waals surface area (Å²) in [4.78, 5) is 11.9. The lowest BCUT2D eigenvalue weighted by Crippen LogP contribution is -2.27. The number of hydrogen-bond donors (Lipinski definition) is 1. The van der Waals surface area contributed by atoms with Gasteiger partial charge in [-0.05, 0) is 36.5 Å². The molecule has 3 nitrogen and oxygen atoms in total.